The molecule has 0 aromatic carbocycles. The van der Waals surface area contributed by atoms with Crippen molar-refractivity contribution in [1.82, 2.24) is 24.6 Å². The molecule has 8 heterocycles. The number of pyridine rings is 2. The van der Waals surface area contributed by atoms with Gasteiger partial charge in [-0.2, -0.15) is 10.4 Å². The first kappa shape index (κ1) is 22.7. The number of β-amino-alcohol motifs (C(OH)–C–C–N with tert-alkyl or cyclic N) is 1. The van der Waals surface area contributed by atoms with Gasteiger partial charge >= 0.3 is 0 Å². The summed E-state index contributed by atoms with van der Waals surface area (Å²) in [5.41, 5.74) is 4.75. The second kappa shape index (κ2) is 8.85. The first-order valence-electron chi connectivity index (χ1n) is 12.8. The van der Waals surface area contributed by atoms with Crippen LogP contribution in [0.3, 0.4) is 0 Å². The van der Waals surface area contributed by atoms with Gasteiger partial charge < -0.3 is 24.5 Å². The molecule has 0 aliphatic carbocycles. The predicted octanol–water partition coefficient (Wildman–Crippen LogP) is 2.11. The second-order valence-electron chi connectivity index (χ2n) is 10.1. The Kier molecular flexibility index (Phi) is 5.30. The van der Waals surface area contributed by atoms with Crippen LogP contribution in [-0.2, 0) is 0 Å². The molecule has 4 aliphatic heterocycles. The Labute approximate surface area is 219 Å². The molecular weight excluding hydrogens is 482 g/mol. The smallest absolute Gasteiger partial charge is 0.213 e. The quantitative estimate of drug-likeness (QED) is 0.428. The lowest BCUT2D eigenvalue weighted by molar-refractivity contribution is 0.198. The van der Waals surface area contributed by atoms with E-state index in [0.717, 1.165) is 55.2 Å². The molecule has 4 saturated heterocycles. The molecule has 8 rings (SSSR count). The minimum Gasteiger partial charge on any atom is -0.481 e. The van der Waals surface area contributed by atoms with Gasteiger partial charge in [0.05, 0.1) is 72.3 Å². The molecule has 2 unspecified atom stereocenters. The van der Waals surface area contributed by atoms with Crippen molar-refractivity contribution in [3.8, 4) is 23.2 Å². The monoisotopic (exact) mass is 509 g/mol. The van der Waals surface area contributed by atoms with E-state index in [2.05, 4.69) is 36.9 Å². The van der Waals surface area contributed by atoms with Crippen molar-refractivity contribution in [2.45, 2.75) is 31.0 Å². The minimum atomic E-state index is -0.340. The summed E-state index contributed by atoms with van der Waals surface area (Å²) in [6.07, 6.45) is 10.5. The number of ether oxygens (including phenoxy) is 1. The summed E-state index contributed by atoms with van der Waals surface area (Å²) in [5.74, 6) is 1.47. The van der Waals surface area contributed by atoms with E-state index in [1.807, 2.05) is 30.7 Å². The molecule has 11 heteroatoms. The fourth-order valence-electron chi connectivity index (χ4n) is 6.02. The van der Waals surface area contributed by atoms with Gasteiger partial charge in [-0.15, -0.1) is 0 Å². The highest BCUT2D eigenvalue weighted by Crippen LogP contribution is 2.38. The molecule has 0 saturated carbocycles. The van der Waals surface area contributed by atoms with E-state index in [0.29, 0.717) is 41.3 Å². The number of piperidine rings is 1. The third-order valence-corrected chi connectivity index (χ3v) is 7.91. The summed E-state index contributed by atoms with van der Waals surface area (Å²) >= 11 is 0. The van der Waals surface area contributed by atoms with Crippen LogP contribution >= 0.6 is 0 Å². The summed E-state index contributed by atoms with van der Waals surface area (Å²) in [5, 5.41) is 24.1. The van der Waals surface area contributed by atoms with Gasteiger partial charge in [0.2, 0.25) is 5.88 Å². The highest BCUT2D eigenvalue weighted by atomic mass is 16.5. The van der Waals surface area contributed by atoms with Crippen LogP contribution in [0.1, 0.15) is 18.4 Å². The molecule has 1 N–H and O–H groups in total. The van der Waals surface area contributed by atoms with Crippen LogP contribution < -0.4 is 19.4 Å². The van der Waals surface area contributed by atoms with E-state index in [1.54, 1.807) is 24.0 Å². The largest absolute Gasteiger partial charge is 0.481 e. The van der Waals surface area contributed by atoms with Crippen molar-refractivity contribution in [2.24, 2.45) is 0 Å². The maximum atomic E-state index is 10.0. The molecular formula is C27H27N9O2. The molecule has 38 heavy (non-hydrogen) atoms. The maximum Gasteiger partial charge on any atom is 0.213 e. The van der Waals surface area contributed by atoms with Gasteiger partial charge in [0.15, 0.2) is 0 Å². The third-order valence-electron chi connectivity index (χ3n) is 7.91. The van der Waals surface area contributed by atoms with Crippen LogP contribution in [0, 0.1) is 11.3 Å². The van der Waals surface area contributed by atoms with Crippen molar-refractivity contribution in [2.75, 3.05) is 48.0 Å². The molecule has 4 aromatic rings. The van der Waals surface area contributed by atoms with E-state index in [9.17, 15) is 10.4 Å². The van der Waals surface area contributed by atoms with Gasteiger partial charge in [-0.05, 0) is 25.0 Å². The highest BCUT2D eigenvalue weighted by molar-refractivity contribution is 5.85. The van der Waals surface area contributed by atoms with E-state index in [4.69, 9.17) is 14.7 Å². The highest BCUT2D eigenvalue weighted by Gasteiger charge is 2.45. The number of aromatic nitrogens is 5. The van der Waals surface area contributed by atoms with Crippen LogP contribution in [0.25, 0.3) is 16.8 Å². The average Bonchev–Trinajstić information content (AvgIpc) is 3.59. The van der Waals surface area contributed by atoms with Crippen LogP contribution in [-0.4, -0.2) is 81.1 Å². The molecule has 4 aromatic heterocycles. The van der Waals surface area contributed by atoms with Crippen LogP contribution in [0.15, 0.2) is 49.2 Å². The first-order chi connectivity index (χ1) is 18.6. The minimum absolute atomic E-state index is 0.340. The zero-order chi connectivity index (χ0) is 25.8. The Bertz CT molecular complexity index is 1520. The Hall–Kier alpha value is -4.43. The summed E-state index contributed by atoms with van der Waals surface area (Å²) in [7, 11) is 1.63. The van der Waals surface area contributed by atoms with Gasteiger partial charge in [-0.3, -0.25) is 4.98 Å². The number of piperazine rings is 1. The topological polar surface area (TPSA) is 119 Å². The standard InChI is InChI=1S/C27H27N9O2/c1-38-26-3-2-18(10-31-26)36-20-6-21(36)14-34(13-20)25-12-29-24(11-30-25)23-7-19(33-5-4-22(37)16-33)15-35-27(23)17(8-28)9-32-35/h2-3,7,9-12,15,20-22,37H,4-6,13-14,16H2,1H3/t20?,21?,22-/m1/s1. The van der Waals surface area contributed by atoms with Gasteiger partial charge in [0.1, 0.15) is 11.9 Å². The Morgan fingerprint density at radius 1 is 1.00 bits per heavy atom. The number of fused-ring (bicyclic) bond motifs is 3. The summed E-state index contributed by atoms with van der Waals surface area (Å²) in [4.78, 5) is 20.8. The summed E-state index contributed by atoms with van der Waals surface area (Å²) in [6, 6.07) is 9.05. The number of anilines is 3. The van der Waals surface area contributed by atoms with Crippen molar-refractivity contribution in [3.63, 3.8) is 0 Å². The van der Waals surface area contributed by atoms with Crippen LogP contribution in [0.4, 0.5) is 17.2 Å². The number of rotatable bonds is 5. The number of nitrogens with zero attached hydrogens (tertiary/aromatic N) is 9. The van der Waals surface area contributed by atoms with Crippen molar-refractivity contribution in [3.05, 3.63) is 54.7 Å². The number of aliphatic hydroxyl groups is 1. The molecule has 3 atom stereocenters. The summed E-state index contributed by atoms with van der Waals surface area (Å²) < 4.78 is 6.92. The molecule has 192 valence electrons. The van der Waals surface area contributed by atoms with Crippen molar-refractivity contribution >= 4 is 22.7 Å². The average molecular weight is 510 g/mol. The van der Waals surface area contributed by atoms with Gasteiger partial charge in [0.25, 0.3) is 0 Å². The Balaban J connectivity index is 1.14. The predicted molar refractivity (Wildman–Crippen MR) is 141 cm³/mol. The van der Waals surface area contributed by atoms with E-state index in [-0.39, 0.29) is 6.10 Å². The molecule has 0 amide bonds. The second-order valence-corrected chi connectivity index (χ2v) is 10.1. The SMILES string of the molecule is COc1ccc(N2C3CC2CN(c2cnc(-c4cc(N5CC[C@@H](O)C5)cn5ncc(C#N)c45)cn2)C3)cn1. The lowest BCUT2D eigenvalue weighted by Crippen LogP contribution is -2.69. The normalized spacial score (nSPS) is 22.4. The Morgan fingerprint density at radius 3 is 2.53 bits per heavy atom. The maximum absolute atomic E-state index is 10.0. The first-order valence-corrected chi connectivity index (χ1v) is 12.8. The zero-order valence-electron chi connectivity index (χ0n) is 21.0. The van der Waals surface area contributed by atoms with Crippen molar-refractivity contribution < 1.29 is 9.84 Å². The zero-order valence-corrected chi connectivity index (χ0v) is 21.0. The third kappa shape index (κ3) is 3.68. The van der Waals surface area contributed by atoms with Gasteiger partial charge in [0, 0.05) is 49.9 Å². The van der Waals surface area contributed by atoms with Gasteiger partial charge in [-0.25, -0.2) is 14.5 Å². The number of hydrogen-bond donors (Lipinski definition) is 1. The number of hydrogen-bond acceptors (Lipinski definition) is 10. The van der Waals surface area contributed by atoms with E-state index in [1.165, 1.54) is 0 Å². The molecule has 4 aliphatic rings. The van der Waals surface area contributed by atoms with E-state index < -0.39 is 0 Å². The molecule has 11 nitrogen and oxygen atoms in total. The fourth-order valence-corrected chi connectivity index (χ4v) is 6.02. The lowest BCUT2D eigenvalue weighted by atomic mass is 9.87. The van der Waals surface area contributed by atoms with Gasteiger partial charge in [-0.1, -0.05) is 0 Å². The summed E-state index contributed by atoms with van der Waals surface area (Å²) in [6.45, 7) is 3.08. The van der Waals surface area contributed by atoms with Crippen molar-refractivity contribution in [1.29, 1.82) is 5.26 Å². The fraction of sp³-hybridized carbons (Fsp3) is 0.370. The molecule has 2 bridgehead atoms. The number of nitriles is 1. The van der Waals surface area contributed by atoms with Crippen LogP contribution in [0.5, 0.6) is 5.88 Å². The molecule has 4 fully saturated rings. The Morgan fingerprint density at radius 2 is 1.87 bits per heavy atom. The lowest BCUT2D eigenvalue weighted by Gasteiger charge is -2.57. The number of aliphatic hydroxyl groups excluding tert-OH is 1. The molecule has 0 radical (unpaired) electrons. The number of methoxy groups -OCH3 is 1. The molecule has 0 spiro atoms. The van der Waals surface area contributed by atoms with E-state index >= 15 is 0 Å². The van der Waals surface area contributed by atoms with Crippen LogP contribution in [0.2, 0.25) is 0 Å².